The van der Waals surface area contributed by atoms with Crippen LogP contribution < -0.4 is 10.9 Å². The van der Waals surface area contributed by atoms with Gasteiger partial charge in [-0.05, 0) is 24.6 Å². The number of carbonyl (C=O) groups is 1. The summed E-state index contributed by atoms with van der Waals surface area (Å²) < 4.78 is 2.30. The van der Waals surface area contributed by atoms with Gasteiger partial charge < -0.3 is 5.32 Å². The average Bonchev–Trinajstić information content (AvgIpc) is 3.16. The molecule has 0 atom stereocenters. The Labute approximate surface area is 186 Å². The maximum atomic E-state index is 12.7. The monoisotopic (exact) mass is 447 g/mol. The van der Waals surface area contributed by atoms with Gasteiger partial charge >= 0.3 is 0 Å². The number of nitrogens with zero attached hydrogens (tertiary/aromatic N) is 4. The Bertz CT molecular complexity index is 1390. The van der Waals surface area contributed by atoms with Crippen molar-refractivity contribution in [1.29, 1.82) is 5.26 Å². The van der Waals surface area contributed by atoms with Crippen molar-refractivity contribution in [3.8, 4) is 17.3 Å². The second kappa shape index (κ2) is 8.71. The molecule has 0 saturated heterocycles. The summed E-state index contributed by atoms with van der Waals surface area (Å²) in [6.07, 6.45) is 0. The van der Waals surface area contributed by atoms with Crippen molar-refractivity contribution in [3.63, 3.8) is 0 Å². The lowest BCUT2D eigenvalue weighted by Crippen LogP contribution is -2.24. The lowest BCUT2D eigenvalue weighted by Gasteiger charge is -2.11. The highest BCUT2D eigenvalue weighted by molar-refractivity contribution is 7.99. The summed E-state index contributed by atoms with van der Waals surface area (Å²) in [7, 11) is 1.54. The number of aromatic nitrogens is 3. The number of carbonyl (C=O) groups excluding carboxylic acids is 1. The van der Waals surface area contributed by atoms with E-state index >= 15 is 0 Å². The van der Waals surface area contributed by atoms with Gasteiger partial charge in [0.1, 0.15) is 11.6 Å². The highest BCUT2D eigenvalue weighted by atomic mass is 32.2. The molecule has 0 spiro atoms. The molecule has 2 aromatic heterocycles. The van der Waals surface area contributed by atoms with Crippen molar-refractivity contribution >= 4 is 44.4 Å². The summed E-state index contributed by atoms with van der Waals surface area (Å²) in [6, 6.07) is 16.9. The fraction of sp³-hybridized carbons (Fsp3) is 0.136. The minimum Gasteiger partial charge on any atom is -0.301 e. The molecular weight excluding hydrogens is 430 g/mol. The normalized spacial score (nSPS) is 10.7. The molecule has 1 amide bonds. The highest BCUT2D eigenvalue weighted by Gasteiger charge is 2.17. The van der Waals surface area contributed by atoms with E-state index in [2.05, 4.69) is 15.3 Å². The van der Waals surface area contributed by atoms with Crippen LogP contribution in [0.5, 0.6) is 0 Å². The topological polar surface area (TPSA) is 101 Å². The predicted molar refractivity (Wildman–Crippen MR) is 123 cm³/mol. The van der Waals surface area contributed by atoms with Gasteiger partial charge in [-0.15, -0.1) is 0 Å². The molecule has 7 nitrogen and oxygen atoms in total. The lowest BCUT2D eigenvalue weighted by molar-refractivity contribution is -0.113. The molecule has 0 unspecified atom stereocenters. The standard InChI is InChI=1S/C22H17N5O2S2/c1-13-8-9-16-17(10-13)31-21(24-16)25-18(28)12-30-22-26-19(14-6-4-3-5-7-14)15(11-23)20(29)27(22)2/h3-10H,12H2,1-2H3,(H,24,25,28). The van der Waals surface area contributed by atoms with E-state index in [1.165, 1.54) is 15.9 Å². The van der Waals surface area contributed by atoms with E-state index in [1.807, 2.05) is 49.4 Å². The maximum absolute atomic E-state index is 12.7. The van der Waals surface area contributed by atoms with Crippen LogP contribution in [0.2, 0.25) is 0 Å². The summed E-state index contributed by atoms with van der Waals surface area (Å²) >= 11 is 2.55. The number of thioether (sulfide) groups is 1. The molecule has 0 bridgehead atoms. The largest absolute Gasteiger partial charge is 0.301 e. The first-order chi connectivity index (χ1) is 15.0. The van der Waals surface area contributed by atoms with Crippen LogP contribution in [0.1, 0.15) is 11.1 Å². The Morgan fingerprint density at radius 3 is 2.74 bits per heavy atom. The third-order valence-electron chi connectivity index (χ3n) is 4.53. The molecule has 9 heteroatoms. The van der Waals surface area contributed by atoms with Crippen molar-refractivity contribution in [2.45, 2.75) is 12.1 Å². The van der Waals surface area contributed by atoms with Crippen molar-refractivity contribution < 1.29 is 4.79 Å². The summed E-state index contributed by atoms with van der Waals surface area (Å²) in [5.41, 5.74) is 2.49. The minimum atomic E-state index is -0.444. The molecular formula is C22H17N5O2S2. The average molecular weight is 448 g/mol. The van der Waals surface area contributed by atoms with Gasteiger partial charge in [-0.3, -0.25) is 14.2 Å². The molecule has 0 fully saturated rings. The van der Waals surface area contributed by atoms with E-state index in [4.69, 9.17) is 0 Å². The number of anilines is 1. The third-order valence-corrected chi connectivity index (χ3v) is 6.49. The molecule has 2 aromatic carbocycles. The second-order valence-corrected chi connectivity index (χ2v) is 8.76. The molecule has 0 aliphatic carbocycles. The molecule has 1 N–H and O–H groups in total. The van der Waals surface area contributed by atoms with Crippen LogP contribution in [-0.4, -0.2) is 26.2 Å². The molecule has 0 aliphatic rings. The smallest absolute Gasteiger partial charge is 0.272 e. The number of nitriles is 1. The molecule has 154 valence electrons. The zero-order chi connectivity index (χ0) is 22.0. The SMILES string of the molecule is Cc1ccc2nc(NC(=O)CSc3nc(-c4ccccc4)c(C#N)c(=O)n3C)sc2c1. The Hall–Kier alpha value is -3.48. The zero-order valence-electron chi connectivity index (χ0n) is 16.7. The second-order valence-electron chi connectivity index (χ2n) is 6.79. The van der Waals surface area contributed by atoms with Crippen LogP contribution in [0, 0.1) is 18.3 Å². The number of hydrogen-bond donors (Lipinski definition) is 1. The molecule has 0 saturated carbocycles. The van der Waals surface area contributed by atoms with E-state index in [9.17, 15) is 14.9 Å². The zero-order valence-corrected chi connectivity index (χ0v) is 18.4. The number of hydrogen-bond acceptors (Lipinski definition) is 7. The number of fused-ring (bicyclic) bond motifs is 1. The number of benzene rings is 2. The third kappa shape index (κ3) is 4.35. The Morgan fingerprint density at radius 2 is 2.00 bits per heavy atom. The molecule has 4 rings (SSSR count). The van der Waals surface area contributed by atoms with Crippen LogP contribution in [0.4, 0.5) is 5.13 Å². The van der Waals surface area contributed by atoms with Gasteiger partial charge in [-0.2, -0.15) is 5.26 Å². The minimum absolute atomic E-state index is 0.0210. The van der Waals surface area contributed by atoms with E-state index in [-0.39, 0.29) is 17.2 Å². The van der Waals surface area contributed by atoms with Gasteiger partial charge in [0.05, 0.1) is 21.7 Å². The number of nitrogens with one attached hydrogen (secondary N) is 1. The van der Waals surface area contributed by atoms with E-state index < -0.39 is 5.56 Å². The number of aryl methyl sites for hydroxylation is 1. The van der Waals surface area contributed by atoms with Gasteiger partial charge in [-0.25, -0.2) is 9.97 Å². The molecule has 4 aromatic rings. The van der Waals surface area contributed by atoms with Crippen molar-refractivity contribution in [1.82, 2.24) is 14.5 Å². The quantitative estimate of drug-likeness (QED) is 0.367. The maximum Gasteiger partial charge on any atom is 0.272 e. The summed E-state index contributed by atoms with van der Waals surface area (Å²) in [4.78, 5) is 34.1. The highest BCUT2D eigenvalue weighted by Crippen LogP contribution is 2.27. The summed E-state index contributed by atoms with van der Waals surface area (Å²) in [6.45, 7) is 2.01. The van der Waals surface area contributed by atoms with E-state index in [0.29, 0.717) is 21.5 Å². The van der Waals surface area contributed by atoms with Crippen LogP contribution in [-0.2, 0) is 11.8 Å². The molecule has 0 radical (unpaired) electrons. The van der Waals surface area contributed by atoms with E-state index in [1.54, 1.807) is 19.2 Å². The fourth-order valence-electron chi connectivity index (χ4n) is 2.99. The Kier molecular flexibility index (Phi) is 5.84. The summed E-state index contributed by atoms with van der Waals surface area (Å²) in [5, 5.41) is 13.1. The lowest BCUT2D eigenvalue weighted by atomic mass is 10.1. The van der Waals surface area contributed by atoms with E-state index in [0.717, 1.165) is 27.5 Å². The first kappa shape index (κ1) is 20.8. The van der Waals surface area contributed by atoms with Crippen molar-refractivity contribution in [3.05, 3.63) is 70.0 Å². The van der Waals surface area contributed by atoms with Crippen molar-refractivity contribution in [2.24, 2.45) is 7.05 Å². The van der Waals surface area contributed by atoms with Gasteiger partial charge in [0, 0.05) is 12.6 Å². The van der Waals surface area contributed by atoms with Crippen LogP contribution >= 0.6 is 23.1 Å². The molecule has 2 heterocycles. The predicted octanol–water partition coefficient (Wildman–Crippen LogP) is 3.97. The van der Waals surface area contributed by atoms with Gasteiger partial charge in [0.2, 0.25) is 5.91 Å². The molecule has 31 heavy (non-hydrogen) atoms. The summed E-state index contributed by atoms with van der Waals surface area (Å²) in [5.74, 6) is -0.198. The van der Waals surface area contributed by atoms with Crippen LogP contribution in [0.3, 0.4) is 0 Å². The number of thiazole rings is 1. The molecule has 0 aliphatic heterocycles. The Morgan fingerprint density at radius 1 is 1.23 bits per heavy atom. The van der Waals surface area contributed by atoms with Crippen molar-refractivity contribution in [2.75, 3.05) is 11.1 Å². The van der Waals surface area contributed by atoms with Gasteiger partial charge in [0.15, 0.2) is 10.3 Å². The number of amides is 1. The Balaban J connectivity index is 1.54. The first-order valence-electron chi connectivity index (χ1n) is 9.32. The number of rotatable bonds is 5. The fourth-order valence-corrected chi connectivity index (χ4v) is 4.73. The van der Waals surface area contributed by atoms with Crippen LogP contribution in [0.15, 0.2) is 58.5 Å². The van der Waals surface area contributed by atoms with Gasteiger partial charge in [0.25, 0.3) is 5.56 Å². The van der Waals surface area contributed by atoms with Crippen LogP contribution in [0.25, 0.3) is 21.5 Å². The van der Waals surface area contributed by atoms with Gasteiger partial charge in [-0.1, -0.05) is 59.5 Å². The first-order valence-corrected chi connectivity index (χ1v) is 11.1.